The normalized spacial score (nSPS) is 9.00. The van der Waals surface area contributed by atoms with Crippen molar-refractivity contribution < 1.29 is 26.6 Å². The van der Waals surface area contributed by atoms with Crippen molar-refractivity contribution in [1.82, 2.24) is 0 Å². The molecule has 0 spiro atoms. The Kier molecular flexibility index (Phi) is 5.35. The van der Waals surface area contributed by atoms with Crippen LogP contribution < -0.4 is 9.40 Å². The van der Waals surface area contributed by atoms with Crippen LogP contribution in [0.4, 0.5) is 0 Å². The van der Waals surface area contributed by atoms with Gasteiger partial charge in [0, 0.05) is 12.4 Å². The average molecular weight is 237 g/mol. The molecule has 0 unspecified atom stereocenters. The summed E-state index contributed by atoms with van der Waals surface area (Å²) in [6, 6.07) is 4.94. The van der Waals surface area contributed by atoms with E-state index in [9.17, 15) is 9.90 Å². The van der Waals surface area contributed by atoms with E-state index in [0.717, 1.165) is 5.56 Å². The lowest BCUT2D eigenvalue weighted by atomic mass is 10.1. The van der Waals surface area contributed by atoms with Crippen molar-refractivity contribution in [2.24, 2.45) is 0 Å². The topological polar surface area (TPSA) is 49.4 Å². The van der Waals surface area contributed by atoms with Crippen LogP contribution in [0.25, 0.3) is 0 Å². The highest BCUT2D eigenvalue weighted by Gasteiger charge is 2.00. The standard InChI is InChI=1S/C9H9ClO3.ClH2/c1-6-4-8(13-10)3-2-7(6)5-9(11)12;/h2-4H,5H2,1H3,(H,11,12);1H2/q;+1/p-1. The Hall–Kier alpha value is -0.930. The number of aryl methyl sites for hydroxylation is 1. The predicted molar refractivity (Wildman–Crippen MR) is 49.2 cm³/mol. The van der Waals surface area contributed by atoms with Crippen LogP contribution in [0.5, 0.6) is 5.75 Å². The van der Waals surface area contributed by atoms with E-state index in [1.807, 2.05) is 0 Å². The van der Waals surface area contributed by atoms with Gasteiger partial charge in [-0.2, -0.15) is 0 Å². The van der Waals surface area contributed by atoms with E-state index in [-0.39, 0.29) is 18.8 Å². The summed E-state index contributed by atoms with van der Waals surface area (Å²) < 4.78 is 4.46. The first kappa shape index (κ1) is 13.1. The first-order chi connectivity index (χ1) is 6.13. The molecule has 0 aliphatic carbocycles. The van der Waals surface area contributed by atoms with Crippen LogP contribution in [0.1, 0.15) is 11.1 Å². The van der Waals surface area contributed by atoms with Gasteiger partial charge in [0.05, 0.1) is 12.4 Å². The minimum absolute atomic E-state index is 0. The Balaban J connectivity index is 0.00000169. The first-order valence-electron chi connectivity index (χ1n) is 3.71. The summed E-state index contributed by atoms with van der Waals surface area (Å²) in [5, 5.41) is 10.3. The third-order valence-corrected chi connectivity index (χ3v) is 1.92. The number of benzene rings is 1. The largest absolute Gasteiger partial charge is 0.550 e. The van der Waals surface area contributed by atoms with Crippen LogP contribution in [0.15, 0.2) is 18.2 Å². The van der Waals surface area contributed by atoms with Gasteiger partial charge in [0.25, 0.3) is 0 Å². The Labute approximate surface area is 93.2 Å². The summed E-state index contributed by atoms with van der Waals surface area (Å²) in [5.41, 5.74) is 1.53. The number of hydrogen-bond acceptors (Lipinski definition) is 3. The van der Waals surface area contributed by atoms with E-state index in [0.29, 0.717) is 11.3 Å². The second-order valence-electron chi connectivity index (χ2n) is 2.71. The number of halogens is 2. The van der Waals surface area contributed by atoms with E-state index < -0.39 is 5.97 Å². The highest BCUT2D eigenvalue weighted by atomic mass is 35.5. The first-order valence-corrected chi connectivity index (χ1v) is 4.02. The molecule has 0 heterocycles. The van der Waals surface area contributed by atoms with Gasteiger partial charge in [0.2, 0.25) is 0 Å². The fourth-order valence-electron chi connectivity index (χ4n) is 1.07. The molecular weight excluding hydrogens is 227 g/mol. The van der Waals surface area contributed by atoms with Crippen molar-refractivity contribution in [1.29, 1.82) is 0 Å². The van der Waals surface area contributed by atoms with Crippen molar-refractivity contribution in [3.05, 3.63) is 29.3 Å². The minimum Gasteiger partial charge on any atom is -0.550 e. The van der Waals surface area contributed by atoms with Gasteiger partial charge >= 0.3 is 0 Å². The van der Waals surface area contributed by atoms with E-state index in [2.05, 4.69) is 4.29 Å². The molecule has 3 nitrogen and oxygen atoms in total. The molecule has 0 aromatic heterocycles. The lowest BCUT2D eigenvalue weighted by Gasteiger charge is -2.07. The summed E-state index contributed by atoms with van der Waals surface area (Å²) in [5.74, 6) is -0.594. The molecule has 0 radical (unpaired) electrons. The number of aliphatic carboxylic acids is 1. The maximum atomic E-state index is 10.3. The molecule has 0 aliphatic heterocycles. The third-order valence-electron chi connectivity index (χ3n) is 1.74. The molecule has 0 bridgehead atoms. The average Bonchev–Trinajstić information content (AvgIpc) is 2.08. The van der Waals surface area contributed by atoms with Crippen LogP contribution in [-0.2, 0) is 11.2 Å². The van der Waals surface area contributed by atoms with Crippen LogP contribution in [-0.4, -0.2) is 5.97 Å². The fourth-order valence-corrected chi connectivity index (χ4v) is 1.17. The van der Waals surface area contributed by atoms with E-state index in [1.54, 1.807) is 25.1 Å². The molecule has 0 amide bonds. The molecule has 0 atom stereocenters. The Morgan fingerprint density at radius 3 is 2.64 bits per heavy atom. The molecule has 78 valence electrons. The van der Waals surface area contributed by atoms with Crippen molar-refractivity contribution in [2.75, 3.05) is 0 Å². The molecule has 1 rings (SSSR count). The quantitative estimate of drug-likeness (QED) is 0.758. The molecule has 1 aromatic carbocycles. The third kappa shape index (κ3) is 3.44. The fraction of sp³-hybridized carbons (Fsp3) is 0.222. The zero-order chi connectivity index (χ0) is 9.84. The Bertz CT molecular complexity index is 326. The van der Waals surface area contributed by atoms with Crippen molar-refractivity contribution >= 4 is 17.8 Å². The lowest BCUT2D eigenvalue weighted by Crippen LogP contribution is -2.24. The lowest BCUT2D eigenvalue weighted by molar-refractivity contribution is -0.304. The van der Waals surface area contributed by atoms with Gasteiger partial charge in [-0.15, -0.1) is 0 Å². The molecule has 0 saturated heterocycles. The monoisotopic (exact) mass is 236 g/mol. The smallest absolute Gasteiger partial charge is 0.146 e. The maximum Gasteiger partial charge on any atom is 0.146 e. The summed E-state index contributed by atoms with van der Waals surface area (Å²) in [6.45, 7) is 1.79. The zero-order valence-corrected chi connectivity index (χ0v) is 9.14. The van der Waals surface area contributed by atoms with Gasteiger partial charge < -0.3 is 14.2 Å². The van der Waals surface area contributed by atoms with E-state index >= 15 is 0 Å². The number of carboxylic acids is 1. The highest BCUT2D eigenvalue weighted by Crippen LogP contribution is 2.18. The van der Waals surface area contributed by atoms with Crippen LogP contribution in [0, 0.1) is 19.3 Å². The van der Waals surface area contributed by atoms with Gasteiger partial charge in [-0.25, -0.2) is 0 Å². The number of carboxylic acid groups (broad SMARTS) is 1. The van der Waals surface area contributed by atoms with E-state index in [1.165, 1.54) is 0 Å². The van der Waals surface area contributed by atoms with Gasteiger partial charge in [-0.3, -0.25) is 0 Å². The van der Waals surface area contributed by atoms with E-state index in [4.69, 9.17) is 11.9 Å². The second kappa shape index (κ2) is 5.73. The van der Waals surface area contributed by atoms with Crippen molar-refractivity contribution in [3.8, 4) is 5.75 Å². The number of carbonyl (C=O) groups excluding carboxylic acids is 1. The molecule has 0 aliphatic rings. The second-order valence-corrected chi connectivity index (χ2v) is 2.87. The summed E-state index contributed by atoms with van der Waals surface area (Å²) in [7, 11) is 0. The van der Waals surface area contributed by atoms with Crippen LogP contribution in [0.2, 0.25) is 0 Å². The molecule has 0 N–H and O–H groups in total. The summed E-state index contributed by atoms with van der Waals surface area (Å²) in [4.78, 5) is 10.3. The molecule has 0 fully saturated rings. The molecule has 1 aromatic rings. The van der Waals surface area contributed by atoms with Gasteiger partial charge in [0.15, 0.2) is 0 Å². The minimum atomic E-state index is -1.09. The zero-order valence-electron chi connectivity index (χ0n) is 7.49. The van der Waals surface area contributed by atoms with Crippen molar-refractivity contribution in [3.63, 3.8) is 0 Å². The molecular formula is C9H10Cl2O3. The maximum absolute atomic E-state index is 10.3. The van der Waals surface area contributed by atoms with Gasteiger partial charge in [-0.1, -0.05) is 6.07 Å². The van der Waals surface area contributed by atoms with Gasteiger partial charge in [0.1, 0.15) is 17.6 Å². The number of rotatable bonds is 3. The van der Waals surface area contributed by atoms with Crippen molar-refractivity contribution in [2.45, 2.75) is 13.3 Å². The predicted octanol–water partition coefficient (Wildman–Crippen LogP) is 0.285. The summed E-state index contributed by atoms with van der Waals surface area (Å²) in [6.07, 6.45) is -0.0889. The SMILES string of the molecule is Cc1cc(OCl)ccc1CC(=O)[O-].[ClH2+]. The van der Waals surface area contributed by atoms with Gasteiger partial charge in [-0.05, 0) is 30.2 Å². The Morgan fingerprint density at radius 1 is 1.57 bits per heavy atom. The number of carbonyl (C=O) groups is 1. The molecule has 0 saturated carbocycles. The summed E-state index contributed by atoms with van der Waals surface area (Å²) >= 11 is 5.13. The van der Waals surface area contributed by atoms with Crippen LogP contribution in [0.3, 0.4) is 0 Å². The number of hydrogen-bond donors (Lipinski definition) is 0. The molecule has 5 heteroatoms. The Morgan fingerprint density at radius 2 is 2.21 bits per heavy atom. The highest BCUT2D eigenvalue weighted by molar-refractivity contribution is 6.09. The van der Waals surface area contributed by atoms with Crippen LogP contribution >= 0.6 is 11.9 Å². The molecule has 14 heavy (non-hydrogen) atoms.